The van der Waals surface area contributed by atoms with Crippen LogP contribution in [0.5, 0.6) is 0 Å². The first-order valence-corrected chi connectivity index (χ1v) is 7.68. The van der Waals surface area contributed by atoms with Crippen LogP contribution in [0.4, 0.5) is 0 Å². The largest absolute Gasteiger partial charge is 0.307 e. The minimum Gasteiger partial charge on any atom is -0.307 e. The molecule has 0 saturated carbocycles. The lowest BCUT2D eigenvalue weighted by molar-refractivity contribution is 0.630. The first kappa shape index (κ1) is 15.4. The highest BCUT2D eigenvalue weighted by Gasteiger charge is 2.14. The molecule has 20 heavy (non-hydrogen) atoms. The summed E-state index contributed by atoms with van der Waals surface area (Å²) in [4.78, 5) is 0. The highest BCUT2D eigenvalue weighted by molar-refractivity contribution is 6.42. The molecule has 0 spiro atoms. The average molecular weight is 308 g/mol. The van der Waals surface area contributed by atoms with Gasteiger partial charge < -0.3 is 5.32 Å². The lowest BCUT2D eigenvalue weighted by Gasteiger charge is -2.20. The molecule has 106 valence electrons. The monoisotopic (exact) mass is 307 g/mol. The minimum atomic E-state index is 0.140. The smallest absolute Gasteiger partial charge is 0.0595 e. The SMILES string of the molecule is CCNC(c1cccc(CC)c1)c1ccc(Cl)c(Cl)c1. The van der Waals surface area contributed by atoms with Crippen molar-refractivity contribution in [1.82, 2.24) is 5.32 Å². The molecular formula is C17H19Cl2N. The molecule has 1 nitrogen and oxygen atoms in total. The zero-order valence-electron chi connectivity index (χ0n) is 11.8. The molecule has 0 aliphatic rings. The topological polar surface area (TPSA) is 12.0 Å². The molecule has 0 aromatic heterocycles. The highest BCUT2D eigenvalue weighted by atomic mass is 35.5. The van der Waals surface area contributed by atoms with Crippen LogP contribution in [0.2, 0.25) is 10.0 Å². The summed E-state index contributed by atoms with van der Waals surface area (Å²) in [6.45, 7) is 5.16. The highest BCUT2D eigenvalue weighted by Crippen LogP contribution is 2.29. The van der Waals surface area contributed by atoms with E-state index in [1.54, 1.807) is 0 Å². The summed E-state index contributed by atoms with van der Waals surface area (Å²) in [7, 11) is 0. The lowest BCUT2D eigenvalue weighted by atomic mass is 9.96. The fourth-order valence-corrected chi connectivity index (χ4v) is 2.62. The van der Waals surface area contributed by atoms with E-state index in [9.17, 15) is 0 Å². The molecule has 2 rings (SSSR count). The third kappa shape index (κ3) is 3.54. The molecule has 0 saturated heterocycles. The number of aryl methyl sites for hydroxylation is 1. The van der Waals surface area contributed by atoms with E-state index in [0.29, 0.717) is 10.0 Å². The van der Waals surface area contributed by atoms with Crippen LogP contribution < -0.4 is 5.32 Å². The third-order valence-corrected chi connectivity index (χ3v) is 4.12. The van der Waals surface area contributed by atoms with Crippen molar-refractivity contribution in [3.63, 3.8) is 0 Å². The van der Waals surface area contributed by atoms with Gasteiger partial charge in [0.2, 0.25) is 0 Å². The molecule has 0 amide bonds. The zero-order chi connectivity index (χ0) is 14.5. The first-order valence-electron chi connectivity index (χ1n) is 6.92. The predicted octanol–water partition coefficient (Wildman–Crippen LogP) is 5.25. The normalized spacial score (nSPS) is 12.4. The van der Waals surface area contributed by atoms with E-state index in [1.807, 2.05) is 18.2 Å². The zero-order valence-corrected chi connectivity index (χ0v) is 13.3. The Morgan fingerprint density at radius 1 is 0.950 bits per heavy atom. The van der Waals surface area contributed by atoms with Crippen LogP contribution in [-0.2, 0) is 6.42 Å². The van der Waals surface area contributed by atoms with Gasteiger partial charge in [-0.15, -0.1) is 0 Å². The van der Waals surface area contributed by atoms with Crippen molar-refractivity contribution < 1.29 is 0 Å². The summed E-state index contributed by atoms with van der Waals surface area (Å²) in [6.07, 6.45) is 1.04. The van der Waals surface area contributed by atoms with Crippen molar-refractivity contribution >= 4 is 23.2 Å². The van der Waals surface area contributed by atoms with Gasteiger partial charge in [-0.3, -0.25) is 0 Å². The Hall–Kier alpha value is -1.02. The van der Waals surface area contributed by atoms with Crippen LogP contribution in [-0.4, -0.2) is 6.54 Å². The second-order valence-corrected chi connectivity index (χ2v) is 5.58. The van der Waals surface area contributed by atoms with Gasteiger partial charge in [-0.1, -0.05) is 67.4 Å². The number of halogens is 2. The van der Waals surface area contributed by atoms with Gasteiger partial charge in [0.25, 0.3) is 0 Å². The molecule has 2 aromatic carbocycles. The summed E-state index contributed by atoms with van der Waals surface area (Å²) in [5.74, 6) is 0. The first-order chi connectivity index (χ1) is 9.65. The van der Waals surface area contributed by atoms with Gasteiger partial charge in [0, 0.05) is 0 Å². The number of nitrogens with one attached hydrogen (secondary N) is 1. The molecule has 3 heteroatoms. The van der Waals surface area contributed by atoms with E-state index < -0.39 is 0 Å². The van der Waals surface area contributed by atoms with Crippen molar-refractivity contribution in [3.05, 3.63) is 69.2 Å². The van der Waals surface area contributed by atoms with E-state index in [-0.39, 0.29) is 6.04 Å². The molecule has 0 bridgehead atoms. The fraction of sp³-hybridized carbons (Fsp3) is 0.294. The summed E-state index contributed by atoms with van der Waals surface area (Å²) >= 11 is 12.1. The molecular weight excluding hydrogens is 289 g/mol. The van der Waals surface area contributed by atoms with Crippen LogP contribution in [0.1, 0.15) is 36.6 Å². The quantitative estimate of drug-likeness (QED) is 0.795. The second kappa shape index (κ2) is 7.12. The second-order valence-electron chi connectivity index (χ2n) is 4.76. The van der Waals surface area contributed by atoms with Gasteiger partial charge in [0.05, 0.1) is 16.1 Å². The van der Waals surface area contributed by atoms with Crippen molar-refractivity contribution in [2.75, 3.05) is 6.54 Å². The van der Waals surface area contributed by atoms with Crippen molar-refractivity contribution in [3.8, 4) is 0 Å². The van der Waals surface area contributed by atoms with Crippen LogP contribution in [0.15, 0.2) is 42.5 Å². The Balaban J connectivity index is 2.41. The maximum absolute atomic E-state index is 6.14. The standard InChI is InChI=1S/C17H19Cl2N/c1-3-12-6-5-7-13(10-12)17(20-4-2)14-8-9-15(18)16(19)11-14/h5-11,17,20H,3-4H2,1-2H3. The molecule has 0 aliphatic carbocycles. The summed E-state index contributed by atoms with van der Waals surface area (Å²) < 4.78 is 0. The van der Waals surface area contributed by atoms with E-state index in [2.05, 4.69) is 43.4 Å². The molecule has 0 aliphatic heterocycles. The van der Waals surface area contributed by atoms with Crippen LogP contribution in [0, 0.1) is 0 Å². The molecule has 1 unspecified atom stereocenters. The Morgan fingerprint density at radius 2 is 1.70 bits per heavy atom. The molecule has 2 aromatic rings. The Bertz CT molecular complexity index is 581. The maximum Gasteiger partial charge on any atom is 0.0595 e. The van der Waals surface area contributed by atoms with Crippen LogP contribution in [0.25, 0.3) is 0 Å². The number of hydrogen-bond donors (Lipinski definition) is 1. The Labute approximate surface area is 130 Å². The van der Waals surface area contributed by atoms with Crippen LogP contribution in [0.3, 0.4) is 0 Å². The molecule has 0 fully saturated rings. The lowest BCUT2D eigenvalue weighted by Crippen LogP contribution is -2.22. The average Bonchev–Trinajstić information content (AvgIpc) is 2.48. The molecule has 0 radical (unpaired) electrons. The van der Waals surface area contributed by atoms with Crippen molar-refractivity contribution in [1.29, 1.82) is 0 Å². The molecule has 1 N–H and O–H groups in total. The van der Waals surface area contributed by atoms with Gasteiger partial charge in [0.15, 0.2) is 0 Å². The number of rotatable bonds is 5. The van der Waals surface area contributed by atoms with E-state index >= 15 is 0 Å². The van der Waals surface area contributed by atoms with Gasteiger partial charge in [-0.05, 0) is 41.8 Å². The Morgan fingerprint density at radius 3 is 2.35 bits per heavy atom. The van der Waals surface area contributed by atoms with Crippen LogP contribution >= 0.6 is 23.2 Å². The molecule has 0 heterocycles. The fourth-order valence-electron chi connectivity index (χ4n) is 2.32. The summed E-state index contributed by atoms with van der Waals surface area (Å²) in [5.41, 5.74) is 3.73. The third-order valence-electron chi connectivity index (χ3n) is 3.38. The maximum atomic E-state index is 6.14. The Kier molecular flexibility index (Phi) is 5.47. The van der Waals surface area contributed by atoms with Gasteiger partial charge in [0.1, 0.15) is 0 Å². The summed E-state index contributed by atoms with van der Waals surface area (Å²) in [6, 6.07) is 14.6. The van der Waals surface area contributed by atoms with E-state index in [1.165, 1.54) is 11.1 Å². The van der Waals surface area contributed by atoms with E-state index in [4.69, 9.17) is 23.2 Å². The van der Waals surface area contributed by atoms with Crippen molar-refractivity contribution in [2.45, 2.75) is 26.3 Å². The van der Waals surface area contributed by atoms with Gasteiger partial charge in [-0.25, -0.2) is 0 Å². The number of hydrogen-bond acceptors (Lipinski definition) is 1. The number of benzene rings is 2. The molecule has 1 atom stereocenters. The van der Waals surface area contributed by atoms with E-state index in [0.717, 1.165) is 18.5 Å². The summed E-state index contributed by atoms with van der Waals surface area (Å²) in [5, 5.41) is 4.70. The minimum absolute atomic E-state index is 0.140. The van der Waals surface area contributed by atoms with Gasteiger partial charge in [-0.2, -0.15) is 0 Å². The predicted molar refractivity (Wildman–Crippen MR) is 87.8 cm³/mol. The van der Waals surface area contributed by atoms with Crippen molar-refractivity contribution in [2.24, 2.45) is 0 Å². The van der Waals surface area contributed by atoms with Gasteiger partial charge >= 0.3 is 0 Å².